The Bertz CT molecular complexity index is 638. The van der Waals surface area contributed by atoms with Crippen molar-refractivity contribution < 1.29 is 4.39 Å². The molecule has 0 N–H and O–H groups in total. The molecule has 0 heterocycles. The third kappa shape index (κ3) is 5.68. The highest BCUT2D eigenvalue weighted by Gasteiger charge is 2.31. The minimum absolute atomic E-state index is 0.621. The summed E-state index contributed by atoms with van der Waals surface area (Å²) in [6.45, 7) is 2.22. The van der Waals surface area contributed by atoms with Crippen LogP contribution < -0.4 is 0 Å². The van der Waals surface area contributed by atoms with Crippen molar-refractivity contribution in [3.8, 4) is 6.07 Å². The van der Waals surface area contributed by atoms with Crippen LogP contribution in [0.3, 0.4) is 0 Å². The summed E-state index contributed by atoms with van der Waals surface area (Å²) >= 11 is 0. The third-order valence-electron chi connectivity index (χ3n) is 7.19. The van der Waals surface area contributed by atoms with E-state index in [0.717, 1.165) is 42.9 Å². The predicted molar refractivity (Wildman–Crippen MR) is 110 cm³/mol. The standard InChI is InChI=1S/C25H34FN/c1-2-19-6-10-21(11-7-19)23-14-16-24(17-15-23)22-12-8-20(9-13-22)4-3-5-25(26)18-27/h5-7,10-11,20,22-24H,2-4,8-9,12-17H2,1H3/b25-5-/t20?,22?,23-,24-. The van der Waals surface area contributed by atoms with E-state index in [1.165, 1.54) is 63.0 Å². The highest BCUT2D eigenvalue weighted by molar-refractivity contribution is 5.25. The summed E-state index contributed by atoms with van der Waals surface area (Å²) in [6.07, 6.45) is 15.2. The summed E-state index contributed by atoms with van der Waals surface area (Å²) < 4.78 is 12.9. The molecule has 0 radical (unpaired) electrons. The topological polar surface area (TPSA) is 23.8 Å². The second-order valence-corrected chi connectivity index (χ2v) is 8.73. The lowest BCUT2D eigenvalue weighted by molar-refractivity contribution is 0.157. The van der Waals surface area contributed by atoms with E-state index >= 15 is 0 Å². The summed E-state index contributed by atoms with van der Waals surface area (Å²) in [5, 5.41) is 8.47. The van der Waals surface area contributed by atoms with E-state index in [9.17, 15) is 4.39 Å². The van der Waals surface area contributed by atoms with Gasteiger partial charge >= 0.3 is 0 Å². The van der Waals surface area contributed by atoms with Crippen molar-refractivity contribution in [2.75, 3.05) is 0 Å². The van der Waals surface area contributed by atoms with Crippen LogP contribution in [0, 0.1) is 29.1 Å². The van der Waals surface area contributed by atoms with Crippen LogP contribution in [-0.2, 0) is 6.42 Å². The first-order valence-corrected chi connectivity index (χ1v) is 11.0. The fourth-order valence-corrected chi connectivity index (χ4v) is 5.39. The first-order valence-electron chi connectivity index (χ1n) is 11.0. The summed E-state index contributed by atoms with van der Waals surface area (Å²) in [6, 6.07) is 10.9. The summed E-state index contributed by atoms with van der Waals surface area (Å²) in [4.78, 5) is 0. The maximum atomic E-state index is 12.9. The Hall–Kier alpha value is -1.62. The lowest BCUT2D eigenvalue weighted by Crippen LogP contribution is -2.25. The van der Waals surface area contributed by atoms with Crippen LogP contribution in [0.5, 0.6) is 0 Å². The zero-order valence-corrected chi connectivity index (χ0v) is 16.8. The number of hydrogen-bond donors (Lipinski definition) is 0. The Morgan fingerprint density at radius 2 is 1.59 bits per heavy atom. The maximum absolute atomic E-state index is 12.9. The Kier molecular flexibility index (Phi) is 7.50. The van der Waals surface area contributed by atoms with Crippen LogP contribution in [0.1, 0.15) is 88.2 Å². The molecule has 0 aliphatic heterocycles. The fourth-order valence-electron chi connectivity index (χ4n) is 5.39. The van der Waals surface area contributed by atoms with Gasteiger partial charge in [-0.15, -0.1) is 0 Å². The Labute approximate surface area is 164 Å². The van der Waals surface area contributed by atoms with Gasteiger partial charge in [0.1, 0.15) is 6.07 Å². The second kappa shape index (κ2) is 10.1. The van der Waals surface area contributed by atoms with Crippen molar-refractivity contribution in [1.29, 1.82) is 5.26 Å². The van der Waals surface area contributed by atoms with Crippen LogP contribution in [0.25, 0.3) is 0 Å². The first-order chi connectivity index (χ1) is 13.2. The molecule has 1 aromatic carbocycles. The van der Waals surface area contributed by atoms with Crippen LogP contribution in [0.4, 0.5) is 4.39 Å². The Balaban J connectivity index is 1.40. The predicted octanol–water partition coefficient (Wildman–Crippen LogP) is 7.49. The summed E-state index contributed by atoms with van der Waals surface area (Å²) in [5.74, 6) is 2.72. The van der Waals surface area contributed by atoms with E-state index in [4.69, 9.17) is 5.26 Å². The molecule has 27 heavy (non-hydrogen) atoms. The smallest absolute Gasteiger partial charge is 0.195 e. The van der Waals surface area contributed by atoms with Crippen molar-refractivity contribution in [3.05, 3.63) is 47.3 Å². The van der Waals surface area contributed by atoms with Gasteiger partial charge < -0.3 is 0 Å². The SMILES string of the molecule is CCc1ccc([C@H]2CC[C@H](C3CCC(CC/C=C(\F)C#N)CC3)CC2)cc1. The molecular formula is C25H34FN. The second-order valence-electron chi connectivity index (χ2n) is 8.73. The Morgan fingerprint density at radius 3 is 2.15 bits per heavy atom. The van der Waals surface area contributed by atoms with Gasteiger partial charge in [-0.25, -0.2) is 0 Å². The normalized spacial score (nSPS) is 29.3. The molecule has 3 rings (SSSR count). The maximum Gasteiger partial charge on any atom is 0.196 e. The average molecular weight is 368 g/mol. The number of rotatable bonds is 6. The molecule has 2 aliphatic rings. The largest absolute Gasteiger partial charge is 0.196 e. The summed E-state index contributed by atoms with van der Waals surface area (Å²) in [5.41, 5.74) is 2.99. The molecule has 0 unspecified atom stereocenters. The number of allylic oxidation sites excluding steroid dienone is 2. The van der Waals surface area contributed by atoms with Crippen LogP contribution in [0.2, 0.25) is 0 Å². The van der Waals surface area contributed by atoms with Gasteiger partial charge in [0.25, 0.3) is 0 Å². The van der Waals surface area contributed by atoms with E-state index in [-0.39, 0.29) is 0 Å². The zero-order valence-electron chi connectivity index (χ0n) is 16.8. The number of aryl methyl sites for hydroxylation is 1. The van der Waals surface area contributed by atoms with Crippen LogP contribution >= 0.6 is 0 Å². The lowest BCUT2D eigenvalue weighted by atomic mass is 9.68. The van der Waals surface area contributed by atoms with Gasteiger partial charge in [-0.2, -0.15) is 9.65 Å². The molecule has 0 amide bonds. The van der Waals surface area contributed by atoms with Crippen molar-refractivity contribution in [1.82, 2.24) is 0 Å². The molecule has 2 heteroatoms. The van der Waals surface area contributed by atoms with Gasteiger partial charge in [0.05, 0.1) is 0 Å². The molecule has 146 valence electrons. The molecule has 0 aromatic heterocycles. The van der Waals surface area contributed by atoms with Gasteiger partial charge in [0, 0.05) is 0 Å². The zero-order chi connectivity index (χ0) is 19.1. The third-order valence-corrected chi connectivity index (χ3v) is 7.19. The molecule has 1 aromatic rings. The van der Waals surface area contributed by atoms with E-state index in [0.29, 0.717) is 0 Å². The van der Waals surface area contributed by atoms with Crippen molar-refractivity contribution in [3.63, 3.8) is 0 Å². The minimum atomic E-state index is -0.621. The van der Waals surface area contributed by atoms with Crippen LogP contribution in [-0.4, -0.2) is 0 Å². The average Bonchev–Trinajstić information content (AvgIpc) is 2.74. The number of halogens is 1. The number of nitriles is 1. The van der Waals surface area contributed by atoms with E-state index in [1.807, 2.05) is 0 Å². The molecule has 0 bridgehead atoms. The van der Waals surface area contributed by atoms with Gasteiger partial charge in [-0.3, -0.25) is 0 Å². The monoisotopic (exact) mass is 367 g/mol. The molecule has 0 atom stereocenters. The Morgan fingerprint density at radius 1 is 1.00 bits per heavy atom. The first kappa shape index (κ1) is 20.1. The molecule has 2 saturated carbocycles. The van der Waals surface area contributed by atoms with Gasteiger partial charge in [-0.05, 0) is 98.7 Å². The lowest BCUT2D eigenvalue weighted by Gasteiger charge is -2.38. The quantitative estimate of drug-likeness (QED) is 0.478. The molecule has 2 aliphatic carbocycles. The van der Waals surface area contributed by atoms with Gasteiger partial charge in [0.15, 0.2) is 5.83 Å². The highest BCUT2D eigenvalue weighted by atomic mass is 19.1. The van der Waals surface area contributed by atoms with E-state index < -0.39 is 5.83 Å². The molecule has 1 nitrogen and oxygen atoms in total. The molecule has 2 fully saturated rings. The molecule has 0 saturated heterocycles. The van der Waals surface area contributed by atoms with E-state index in [2.05, 4.69) is 31.2 Å². The highest BCUT2D eigenvalue weighted by Crippen LogP contribution is 2.44. The van der Waals surface area contributed by atoms with Crippen molar-refractivity contribution in [2.45, 2.75) is 83.5 Å². The summed E-state index contributed by atoms with van der Waals surface area (Å²) in [7, 11) is 0. The van der Waals surface area contributed by atoms with Gasteiger partial charge in [0.2, 0.25) is 0 Å². The minimum Gasteiger partial charge on any atom is -0.195 e. The number of hydrogen-bond acceptors (Lipinski definition) is 1. The number of benzene rings is 1. The molecular weight excluding hydrogens is 333 g/mol. The van der Waals surface area contributed by atoms with Crippen LogP contribution in [0.15, 0.2) is 36.2 Å². The number of nitrogens with zero attached hydrogens (tertiary/aromatic N) is 1. The van der Waals surface area contributed by atoms with Crippen molar-refractivity contribution in [2.24, 2.45) is 17.8 Å². The fraction of sp³-hybridized carbons (Fsp3) is 0.640. The van der Waals surface area contributed by atoms with Gasteiger partial charge in [-0.1, -0.05) is 44.0 Å². The van der Waals surface area contributed by atoms with Crippen molar-refractivity contribution >= 4 is 0 Å². The van der Waals surface area contributed by atoms with E-state index in [1.54, 1.807) is 11.6 Å². The molecule has 0 spiro atoms.